The number of hydrogen-bond donors (Lipinski definition) is 4. The van der Waals surface area contributed by atoms with Crippen molar-refractivity contribution >= 4 is 17.6 Å². The van der Waals surface area contributed by atoms with Gasteiger partial charge in [-0.25, -0.2) is 5.84 Å². The molecule has 2 aromatic rings. The van der Waals surface area contributed by atoms with E-state index in [0.717, 1.165) is 46.5 Å². The van der Waals surface area contributed by atoms with Gasteiger partial charge in [0.1, 0.15) is 5.75 Å². The average Bonchev–Trinajstić information content (AvgIpc) is 3.26. The number of aromatic amines is 1. The number of hydrogen-bond acceptors (Lipinski definition) is 6. The zero-order valence-electron chi connectivity index (χ0n) is 20.7. The fourth-order valence-corrected chi connectivity index (χ4v) is 3.62. The first kappa shape index (κ1) is 26.2. The van der Waals surface area contributed by atoms with Gasteiger partial charge in [-0.05, 0) is 35.1 Å². The molecule has 0 spiro atoms. The van der Waals surface area contributed by atoms with Gasteiger partial charge in [-0.2, -0.15) is 5.10 Å². The van der Waals surface area contributed by atoms with Crippen molar-refractivity contribution in [1.29, 1.82) is 0 Å². The minimum absolute atomic E-state index is 0.0976. The molecule has 1 amide bonds. The number of ether oxygens (including phenoxy) is 1. The molecule has 0 saturated carbocycles. The van der Waals surface area contributed by atoms with Crippen molar-refractivity contribution in [3.63, 3.8) is 0 Å². The Morgan fingerprint density at radius 3 is 2.67 bits per heavy atom. The van der Waals surface area contributed by atoms with Crippen LogP contribution in [-0.2, 0) is 17.8 Å². The van der Waals surface area contributed by atoms with E-state index in [9.17, 15) is 4.79 Å². The molecular formula is C25H38N6O2. The van der Waals surface area contributed by atoms with Crippen LogP contribution in [0.1, 0.15) is 55.1 Å². The fraction of sp³-hybridized carbons (Fsp3) is 0.440. The van der Waals surface area contributed by atoms with Gasteiger partial charge >= 0.3 is 0 Å². The second-order valence-electron chi connectivity index (χ2n) is 9.09. The maximum atomic E-state index is 11.6. The molecule has 180 valence electrons. The molecule has 1 aromatic heterocycles. The number of carbonyl (C=O) groups is 1. The van der Waals surface area contributed by atoms with Crippen LogP contribution in [0.5, 0.6) is 5.75 Å². The molecule has 0 aliphatic carbocycles. The normalized spacial score (nSPS) is 11.9. The third-order valence-electron chi connectivity index (χ3n) is 5.76. The summed E-state index contributed by atoms with van der Waals surface area (Å²) in [6.07, 6.45) is 7.55. The van der Waals surface area contributed by atoms with Gasteiger partial charge < -0.3 is 15.0 Å². The molecule has 1 heterocycles. The van der Waals surface area contributed by atoms with Gasteiger partial charge in [0, 0.05) is 43.5 Å². The summed E-state index contributed by atoms with van der Waals surface area (Å²) < 4.78 is 5.84. The Labute approximate surface area is 197 Å². The summed E-state index contributed by atoms with van der Waals surface area (Å²) in [6, 6.07) is 4.26. The first-order chi connectivity index (χ1) is 15.6. The van der Waals surface area contributed by atoms with Crippen LogP contribution in [0.2, 0.25) is 0 Å². The molecule has 0 bridgehead atoms. The number of amides is 1. The van der Waals surface area contributed by atoms with Crippen molar-refractivity contribution in [2.24, 2.45) is 11.3 Å². The highest BCUT2D eigenvalue weighted by atomic mass is 16.5. The van der Waals surface area contributed by atoms with Crippen LogP contribution in [0.25, 0.3) is 11.6 Å². The van der Waals surface area contributed by atoms with Gasteiger partial charge in [0.2, 0.25) is 5.91 Å². The smallest absolute Gasteiger partial charge is 0.247 e. The number of H-pyrrole nitrogens is 1. The van der Waals surface area contributed by atoms with E-state index in [2.05, 4.69) is 60.6 Å². The number of carbonyl (C=O) groups excluding carboxylic acids is 1. The van der Waals surface area contributed by atoms with Crippen LogP contribution < -0.4 is 21.3 Å². The molecule has 0 aliphatic rings. The summed E-state index contributed by atoms with van der Waals surface area (Å²) in [5, 5.41) is 10.4. The van der Waals surface area contributed by atoms with Gasteiger partial charge in [-0.15, -0.1) is 0 Å². The van der Waals surface area contributed by atoms with Crippen molar-refractivity contribution in [3.8, 4) is 5.75 Å². The second-order valence-corrected chi connectivity index (χ2v) is 9.09. The second kappa shape index (κ2) is 11.7. The van der Waals surface area contributed by atoms with Crippen LogP contribution in [0.4, 0.5) is 0 Å². The number of hydrazine groups is 1. The van der Waals surface area contributed by atoms with E-state index in [0.29, 0.717) is 6.54 Å². The molecule has 0 radical (unpaired) electrons. The number of nitrogens with two attached hydrogens (primary N) is 1. The van der Waals surface area contributed by atoms with E-state index >= 15 is 0 Å². The van der Waals surface area contributed by atoms with E-state index in [1.807, 2.05) is 31.3 Å². The zero-order chi connectivity index (χ0) is 24.6. The molecule has 0 aliphatic heterocycles. The molecule has 33 heavy (non-hydrogen) atoms. The molecule has 8 heteroatoms. The Hall–Kier alpha value is -3.10. The minimum atomic E-state index is -0.269. The Morgan fingerprint density at radius 1 is 1.36 bits per heavy atom. The monoisotopic (exact) mass is 454 g/mol. The van der Waals surface area contributed by atoms with E-state index in [1.165, 1.54) is 5.56 Å². The molecule has 0 atom stereocenters. The molecule has 0 saturated heterocycles. The van der Waals surface area contributed by atoms with Gasteiger partial charge in [-0.3, -0.25) is 15.3 Å². The highest BCUT2D eigenvalue weighted by Gasteiger charge is 2.22. The lowest BCUT2D eigenvalue weighted by Gasteiger charge is -2.26. The Morgan fingerprint density at radius 2 is 2.09 bits per heavy atom. The van der Waals surface area contributed by atoms with E-state index in [1.54, 1.807) is 13.2 Å². The topological polar surface area (TPSA) is 108 Å². The summed E-state index contributed by atoms with van der Waals surface area (Å²) in [4.78, 5) is 13.6. The number of nitrogens with zero attached hydrogens (tertiary/aromatic N) is 2. The zero-order valence-corrected chi connectivity index (χ0v) is 20.7. The van der Waals surface area contributed by atoms with Crippen molar-refractivity contribution in [1.82, 2.24) is 25.8 Å². The maximum absolute atomic E-state index is 11.6. The van der Waals surface area contributed by atoms with Gasteiger partial charge in [-0.1, -0.05) is 39.8 Å². The predicted molar refractivity (Wildman–Crippen MR) is 134 cm³/mol. The molecule has 0 unspecified atom stereocenters. The van der Waals surface area contributed by atoms with E-state index < -0.39 is 0 Å². The number of methoxy groups -OCH3 is 1. The van der Waals surface area contributed by atoms with Crippen molar-refractivity contribution in [2.75, 3.05) is 27.7 Å². The van der Waals surface area contributed by atoms with Crippen LogP contribution in [0.3, 0.4) is 0 Å². The molecule has 1 aromatic carbocycles. The van der Waals surface area contributed by atoms with Gasteiger partial charge in [0.05, 0.1) is 25.5 Å². The minimum Gasteiger partial charge on any atom is -0.496 e. The van der Waals surface area contributed by atoms with Crippen LogP contribution >= 0.6 is 0 Å². The number of aromatic nitrogens is 2. The van der Waals surface area contributed by atoms with Crippen molar-refractivity contribution in [3.05, 3.63) is 59.1 Å². The van der Waals surface area contributed by atoms with Crippen LogP contribution in [0.15, 0.2) is 31.1 Å². The number of nitrogens with one attached hydrogen (secondary N) is 3. The predicted octanol–water partition coefficient (Wildman–Crippen LogP) is 3.07. The first-order valence-electron chi connectivity index (χ1n) is 11.1. The highest BCUT2D eigenvalue weighted by Crippen LogP contribution is 2.36. The summed E-state index contributed by atoms with van der Waals surface area (Å²) in [5.74, 6) is 5.71. The van der Waals surface area contributed by atoms with Crippen LogP contribution in [-0.4, -0.2) is 48.8 Å². The van der Waals surface area contributed by atoms with Gasteiger partial charge in [0.25, 0.3) is 0 Å². The fourth-order valence-electron chi connectivity index (χ4n) is 3.62. The van der Waals surface area contributed by atoms with Gasteiger partial charge in [0.15, 0.2) is 0 Å². The summed E-state index contributed by atoms with van der Waals surface area (Å²) in [7, 11) is 5.66. The lowest BCUT2D eigenvalue weighted by Crippen LogP contribution is -2.37. The lowest BCUT2D eigenvalue weighted by atomic mass is 9.80. The van der Waals surface area contributed by atoms with Crippen molar-refractivity contribution in [2.45, 2.75) is 40.2 Å². The molecular weight excluding hydrogens is 416 g/mol. The number of benzene rings is 1. The summed E-state index contributed by atoms with van der Waals surface area (Å²) in [5.41, 5.74) is 8.31. The number of rotatable bonds is 12. The highest BCUT2D eigenvalue weighted by molar-refractivity contribution is 5.84. The Balaban J connectivity index is 2.65. The summed E-state index contributed by atoms with van der Waals surface area (Å²) in [6.45, 7) is 11.2. The van der Waals surface area contributed by atoms with E-state index in [-0.39, 0.29) is 17.9 Å². The van der Waals surface area contributed by atoms with Crippen LogP contribution in [0, 0.1) is 5.41 Å². The largest absolute Gasteiger partial charge is 0.496 e. The molecule has 8 nitrogen and oxygen atoms in total. The SMILES string of the molecule is C=Cc1[nH]ncc1/C(=C\N(C)C)c1cc(CC(C)(C)CC)c(CNCC(=O)NN)c(OC)c1. The molecule has 0 fully saturated rings. The standard InChI is InChI=1S/C25H38N6O2/c1-8-22-20(14-28-30-22)21(16-31(5)6)17-10-18(12-25(3,4)9-2)19(23(11-17)33-7)13-27-15-24(32)29-26/h8,10-11,14,16,27H,1,9,12-13,15,26H2,2-7H3,(H,28,30)(H,29,32)/b21-16-. The third-order valence-corrected chi connectivity index (χ3v) is 5.76. The molecule has 5 N–H and O–H groups in total. The Bertz CT molecular complexity index is 991. The Kier molecular flexibility index (Phi) is 9.25. The van der Waals surface area contributed by atoms with E-state index in [4.69, 9.17) is 10.6 Å². The van der Waals surface area contributed by atoms with Crippen molar-refractivity contribution < 1.29 is 9.53 Å². The average molecular weight is 455 g/mol. The lowest BCUT2D eigenvalue weighted by molar-refractivity contribution is -0.120. The maximum Gasteiger partial charge on any atom is 0.247 e. The first-order valence-corrected chi connectivity index (χ1v) is 11.1. The summed E-state index contributed by atoms with van der Waals surface area (Å²) >= 11 is 0. The molecule has 2 rings (SSSR count). The third kappa shape index (κ3) is 6.94. The quantitative estimate of drug-likeness (QED) is 0.223.